The summed E-state index contributed by atoms with van der Waals surface area (Å²) in [7, 11) is 1.58. The quantitative estimate of drug-likeness (QED) is 0.129. The first kappa shape index (κ1) is 40.5. The first-order chi connectivity index (χ1) is 24.8. The van der Waals surface area contributed by atoms with Crippen LogP contribution in [0, 0.1) is 0 Å². The van der Waals surface area contributed by atoms with Gasteiger partial charge >= 0.3 is 18.1 Å². The van der Waals surface area contributed by atoms with E-state index >= 15 is 0 Å². The molecule has 0 aliphatic carbocycles. The number of nitrogens with zero attached hydrogens (tertiary/aromatic N) is 1. The van der Waals surface area contributed by atoms with Crippen LogP contribution in [0.25, 0.3) is 11.1 Å². The van der Waals surface area contributed by atoms with E-state index in [1.807, 2.05) is 48.5 Å². The van der Waals surface area contributed by atoms with Crippen molar-refractivity contribution in [2.45, 2.75) is 38.5 Å². The second kappa shape index (κ2) is 19.5. The van der Waals surface area contributed by atoms with Gasteiger partial charge in [-0.2, -0.15) is 13.2 Å². The van der Waals surface area contributed by atoms with Crippen molar-refractivity contribution >= 4 is 23.8 Å². The highest BCUT2D eigenvalue weighted by molar-refractivity contribution is 6.01. The Kier molecular flexibility index (Phi) is 15.2. The van der Waals surface area contributed by atoms with Crippen LogP contribution in [0.5, 0.6) is 11.5 Å². The highest BCUT2D eigenvalue weighted by atomic mass is 19.4. The minimum absolute atomic E-state index is 0.0549. The monoisotopic (exact) mass is 723 g/mol. The van der Waals surface area contributed by atoms with E-state index in [1.54, 1.807) is 67.5 Å². The Morgan fingerprint density at radius 3 is 2.12 bits per heavy atom. The number of carbonyl (C=O) groups excluding carboxylic acids is 3. The fourth-order valence-corrected chi connectivity index (χ4v) is 5.05. The van der Waals surface area contributed by atoms with Crippen molar-refractivity contribution in [2.24, 2.45) is 5.73 Å². The zero-order valence-corrected chi connectivity index (χ0v) is 28.6. The van der Waals surface area contributed by atoms with Gasteiger partial charge in [0.1, 0.15) is 17.5 Å². The van der Waals surface area contributed by atoms with E-state index in [-0.39, 0.29) is 43.6 Å². The zero-order chi connectivity index (χ0) is 38.3. The Balaban J connectivity index is 0.000000944. The summed E-state index contributed by atoms with van der Waals surface area (Å²) < 4.78 is 42.5. The molecule has 0 radical (unpaired) electrons. The molecule has 5 N–H and O–H groups in total. The number of aromatic hydroxyl groups is 1. The van der Waals surface area contributed by atoms with Gasteiger partial charge in [-0.15, -0.1) is 0 Å². The lowest BCUT2D eigenvalue weighted by Crippen LogP contribution is -2.47. The van der Waals surface area contributed by atoms with E-state index < -0.39 is 24.2 Å². The summed E-state index contributed by atoms with van der Waals surface area (Å²) in [5.74, 6) is -2.99. The number of nitrogens with two attached hydrogens (primary N) is 1. The number of carboxylic acids is 1. The lowest BCUT2D eigenvalue weighted by atomic mass is 9.97. The Hall–Kier alpha value is -5.89. The van der Waals surface area contributed by atoms with Crippen molar-refractivity contribution in [2.75, 3.05) is 26.8 Å². The molecule has 0 spiro atoms. The highest BCUT2D eigenvalue weighted by Crippen LogP contribution is 2.27. The van der Waals surface area contributed by atoms with Crippen LogP contribution in [0.1, 0.15) is 34.0 Å². The molecule has 276 valence electrons. The first-order valence-corrected chi connectivity index (χ1v) is 16.1. The molecular weight excluding hydrogens is 683 g/mol. The number of nitrogens with one attached hydrogen (secondary N) is 1. The third-order valence-corrected chi connectivity index (χ3v) is 7.57. The number of carboxylic acid groups (broad SMARTS) is 1. The molecule has 0 saturated heterocycles. The number of methoxy groups -OCH3 is 1. The van der Waals surface area contributed by atoms with E-state index in [4.69, 9.17) is 25.1 Å². The van der Waals surface area contributed by atoms with E-state index in [1.165, 1.54) is 0 Å². The first-order valence-electron chi connectivity index (χ1n) is 16.1. The predicted molar refractivity (Wildman–Crippen MR) is 186 cm³/mol. The molecule has 4 aromatic carbocycles. The smallest absolute Gasteiger partial charge is 0.490 e. The lowest BCUT2D eigenvalue weighted by Gasteiger charge is -2.31. The third-order valence-electron chi connectivity index (χ3n) is 7.57. The lowest BCUT2D eigenvalue weighted by molar-refractivity contribution is -0.192. The molecular formula is C38H40F3N3O8. The summed E-state index contributed by atoms with van der Waals surface area (Å²) >= 11 is 0. The Bertz CT molecular complexity index is 1800. The minimum Gasteiger partial charge on any atom is -0.508 e. The van der Waals surface area contributed by atoms with Crippen LogP contribution in [-0.4, -0.2) is 77.9 Å². The maximum absolute atomic E-state index is 14.0. The van der Waals surface area contributed by atoms with Gasteiger partial charge in [-0.1, -0.05) is 60.7 Å². The summed E-state index contributed by atoms with van der Waals surface area (Å²) in [6.07, 6.45) is -4.84. The maximum Gasteiger partial charge on any atom is 0.490 e. The number of phenols is 1. The van der Waals surface area contributed by atoms with Crippen LogP contribution in [0.2, 0.25) is 0 Å². The molecule has 0 saturated carbocycles. The SMILES string of the molecule is CCOC(=O)[C@H](Cc1ccc(O)cc1)N(Cc1cccc(-c2ccccc2C(=O)NCCN)c1)C(=O)Cc1ccc(OC)cc1.O=C(O)C(F)(F)F. The summed E-state index contributed by atoms with van der Waals surface area (Å²) in [5, 5.41) is 19.7. The van der Waals surface area contributed by atoms with Crippen LogP contribution in [-0.2, 0) is 38.5 Å². The van der Waals surface area contributed by atoms with Gasteiger partial charge in [0.05, 0.1) is 20.1 Å². The number of alkyl halides is 3. The largest absolute Gasteiger partial charge is 0.508 e. The molecule has 1 atom stereocenters. The van der Waals surface area contributed by atoms with Gasteiger partial charge in [0.2, 0.25) is 5.91 Å². The maximum atomic E-state index is 14.0. The third kappa shape index (κ3) is 12.2. The van der Waals surface area contributed by atoms with Crippen LogP contribution in [0.3, 0.4) is 0 Å². The fraction of sp³-hybridized carbons (Fsp3) is 0.263. The van der Waals surface area contributed by atoms with Crippen LogP contribution >= 0.6 is 0 Å². The molecule has 0 aliphatic heterocycles. The summed E-state index contributed by atoms with van der Waals surface area (Å²) in [6.45, 7) is 2.68. The van der Waals surface area contributed by atoms with E-state index in [2.05, 4.69) is 5.32 Å². The molecule has 0 unspecified atom stereocenters. The predicted octanol–water partition coefficient (Wildman–Crippen LogP) is 5.14. The van der Waals surface area contributed by atoms with Gasteiger partial charge in [0.15, 0.2) is 0 Å². The van der Waals surface area contributed by atoms with Crippen molar-refractivity contribution in [1.82, 2.24) is 10.2 Å². The highest BCUT2D eigenvalue weighted by Gasteiger charge is 2.38. The van der Waals surface area contributed by atoms with Crippen molar-refractivity contribution in [1.29, 1.82) is 0 Å². The van der Waals surface area contributed by atoms with Gasteiger partial charge in [-0.05, 0) is 71.1 Å². The Labute approximate surface area is 298 Å². The number of benzene rings is 4. The number of halogens is 3. The summed E-state index contributed by atoms with van der Waals surface area (Å²) in [6, 6.07) is 27.7. The molecule has 0 fully saturated rings. The number of hydrogen-bond donors (Lipinski definition) is 4. The number of hydrogen-bond acceptors (Lipinski definition) is 8. The molecule has 14 heteroatoms. The number of carbonyl (C=O) groups is 4. The zero-order valence-electron chi connectivity index (χ0n) is 28.6. The van der Waals surface area contributed by atoms with Crippen LogP contribution < -0.4 is 15.8 Å². The fourth-order valence-electron chi connectivity index (χ4n) is 5.05. The van der Waals surface area contributed by atoms with Crippen LogP contribution in [0.4, 0.5) is 13.2 Å². The van der Waals surface area contributed by atoms with Crippen LogP contribution in [0.15, 0.2) is 97.1 Å². The van der Waals surface area contributed by atoms with Gasteiger partial charge in [0.25, 0.3) is 5.91 Å². The average Bonchev–Trinajstić information content (AvgIpc) is 3.13. The molecule has 0 heterocycles. The van der Waals surface area contributed by atoms with E-state index in [9.17, 15) is 32.7 Å². The van der Waals surface area contributed by atoms with Gasteiger partial charge in [0, 0.05) is 31.6 Å². The molecule has 4 aromatic rings. The average molecular weight is 724 g/mol. The summed E-state index contributed by atoms with van der Waals surface area (Å²) in [4.78, 5) is 50.8. The molecule has 0 aliphatic rings. The second-order valence-electron chi connectivity index (χ2n) is 11.3. The Morgan fingerprint density at radius 2 is 1.52 bits per heavy atom. The van der Waals surface area contributed by atoms with E-state index in [0.29, 0.717) is 24.4 Å². The number of ether oxygens (including phenoxy) is 2. The molecule has 2 amide bonds. The molecule has 4 rings (SSSR count). The molecule has 52 heavy (non-hydrogen) atoms. The number of esters is 1. The molecule has 11 nitrogen and oxygen atoms in total. The molecule has 0 bridgehead atoms. The van der Waals surface area contributed by atoms with Crippen molar-refractivity contribution < 1.29 is 52.0 Å². The second-order valence-corrected chi connectivity index (χ2v) is 11.3. The van der Waals surface area contributed by atoms with E-state index in [0.717, 1.165) is 27.8 Å². The van der Waals surface area contributed by atoms with Crippen molar-refractivity contribution in [3.8, 4) is 22.6 Å². The number of aliphatic carboxylic acids is 1. The minimum atomic E-state index is -5.08. The number of phenolic OH excluding ortho intramolecular Hbond substituents is 1. The standard InChI is InChI=1S/C36H39N3O6.C2HF3O2/c1-3-45-36(43)33(22-25-11-15-29(40)16-12-25)39(34(41)23-26-13-17-30(44-2)18-14-26)24-27-7-6-8-28(21-27)31-9-4-5-10-32(31)35(42)38-20-19-37;3-2(4,5)1(6)7/h4-18,21,33,40H,3,19-20,22-24,37H2,1-2H3,(H,38,42);(H,6,7)/t33-;/m0./s1. The number of rotatable bonds is 14. The van der Waals surface area contributed by atoms with Crippen molar-refractivity contribution in [3.05, 3.63) is 119 Å². The Morgan fingerprint density at radius 1 is 0.885 bits per heavy atom. The summed E-state index contributed by atoms with van der Waals surface area (Å²) in [5.41, 5.74) is 9.91. The molecule has 0 aromatic heterocycles. The number of amides is 2. The van der Waals surface area contributed by atoms with Crippen molar-refractivity contribution in [3.63, 3.8) is 0 Å². The van der Waals surface area contributed by atoms with Gasteiger partial charge < -0.3 is 35.6 Å². The van der Waals surface area contributed by atoms with Gasteiger partial charge in [-0.3, -0.25) is 9.59 Å². The normalized spacial score (nSPS) is 11.3. The topological polar surface area (TPSA) is 168 Å². The van der Waals surface area contributed by atoms with Gasteiger partial charge in [-0.25, -0.2) is 9.59 Å².